The van der Waals surface area contributed by atoms with Crippen molar-refractivity contribution in [3.05, 3.63) is 66.2 Å². The number of benzene rings is 2. The van der Waals surface area contributed by atoms with E-state index in [9.17, 15) is 9.59 Å². The Kier molecular flexibility index (Phi) is 6.95. The normalized spacial score (nSPS) is 10.7. The number of imidazole rings is 1. The van der Waals surface area contributed by atoms with E-state index in [1.54, 1.807) is 37.4 Å². The highest BCUT2D eigenvalue weighted by molar-refractivity contribution is 7.99. The summed E-state index contributed by atoms with van der Waals surface area (Å²) in [4.78, 5) is 30.7. The molecule has 0 aliphatic heterocycles. The zero-order chi connectivity index (χ0) is 20.8. The van der Waals surface area contributed by atoms with Crippen LogP contribution < -0.4 is 5.32 Å². The molecule has 0 saturated heterocycles. The molecule has 0 fully saturated rings. The SMILES string of the molecule is C=CCn1c(SCC(=O)N(C)CC(=O)Nc2ccccc2Cl)nc2ccccc21. The van der Waals surface area contributed by atoms with E-state index in [1.165, 1.54) is 16.7 Å². The highest BCUT2D eigenvalue weighted by Gasteiger charge is 2.17. The van der Waals surface area contributed by atoms with E-state index in [-0.39, 0.29) is 24.1 Å². The number of allylic oxidation sites excluding steroid dienone is 1. The molecule has 0 unspecified atom stereocenters. The number of amides is 2. The third kappa shape index (κ3) is 5.19. The summed E-state index contributed by atoms with van der Waals surface area (Å²) in [5.74, 6) is -0.296. The second kappa shape index (κ2) is 9.62. The van der Waals surface area contributed by atoms with Gasteiger partial charge in [-0.2, -0.15) is 0 Å². The van der Waals surface area contributed by atoms with Gasteiger partial charge in [-0.3, -0.25) is 9.59 Å². The molecule has 0 aliphatic rings. The van der Waals surface area contributed by atoms with Gasteiger partial charge in [0.1, 0.15) is 0 Å². The molecule has 0 bridgehead atoms. The Morgan fingerprint density at radius 1 is 1.24 bits per heavy atom. The minimum Gasteiger partial charge on any atom is -0.336 e. The van der Waals surface area contributed by atoms with Crippen LogP contribution in [0.25, 0.3) is 11.0 Å². The molecule has 0 aliphatic carbocycles. The highest BCUT2D eigenvalue weighted by Crippen LogP contribution is 2.24. The number of nitrogens with one attached hydrogen (secondary N) is 1. The van der Waals surface area contributed by atoms with Crippen LogP contribution in [-0.4, -0.2) is 45.6 Å². The van der Waals surface area contributed by atoms with E-state index in [0.717, 1.165) is 16.2 Å². The number of carbonyl (C=O) groups excluding carboxylic acids is 2. The summed E-state index contributed by atoms with van der Waals surface area (Å²) in [5.41, 5.74) is 2.39. The van der Waals surface area contributed by atoms with Crippen LogP contribution in [0.1, 0.15) is 0 Å². The Balaban J connectivity index is 1.59. The summed E-state index contributed by atoms with van der Waals surface area (Å²) in [7, 11) is 1.60. The summed E-state index contributed by atoms with van der Waals surface area (Å²) >= 11 is 7.39. The zero-order valence-electron chi connectivity index (χ0n) is 16.0. The van der Waals surface area contributed by atoms with Crippen LogP contribution in [-0.2, 0) is 16.1 Å². The number of hydrogen-bond donors (Lipinski definition) is 1. The first-order valence-electron chi connectivity index (χ1n) is 8.97. The average molecular weight is 429 g/mol. The molecule has 0 radical (unpaired) electrons. The molecule has 8 heteroatoms. The predicted octanol–water partition coefficient (Wildman–Crippen LogP) is 4.06. The molecule has 29 heavy (non-hydrogen) atoms. The molecular weight excluding hydrogens is 408 g/mol. The summed E-state index contributed by atoms with van der Waals surface area (Å²) in [5, 5.41) is 3.91. The van der Waals surface area contributed by atoms with Crippen molar-refractivity contribution in [3.63, 3.8) is 0 Å². The fraction of sp³-hybridized carbons (Fsp3) is 0.190. The van der Waals surface area contributed by atoms with Crippen molar-refractivity contribution in [2.45, 2.75) is 11.7 Å². The maximum absolute atomic E-state index is 12.5. The quantitative estimate of drug-likeness (QED) is 0.434. The van der Waals surface area contributed by atoms with Crippen molar-refractivity contribution >= 4 is 51.9 Å². The Bertz CT molecular complexity index is 1050. The Hall–Kier alpha value is -2.77. The summed E-state index contributed by atoms with van der Waals surface area (Å²) < 4.78 is 2.02. The first kappa shape index (κ1) is 21.0. The molecular formula is C21H21ClN4O2S. The van der Waals surface area contributed by atoms with Gasteiger partial charge in [-0.05, 0) is 24.3 Å². The third-order valence-electron chi connectivity index (χ3n) is 4.21. The van der Waals surface area contributed by atoms with Crippen LogP contribution in [0.4, 0.5) is 5.69 Å². The van der Waals surface area contributed by atoms with E-state index in [1.807, 2.05) is 28.8 Å². The lowest BCUT2D eigenvalue weighted by atomic mass is 10.3. The van der Waals surface area contributed by atoms with Crippen LogP contribution in [0.2, 0.25) is 5.02 Å². The lowest BCUT2D eigenvalue weighted by Gasteiger charge is -2.17. The first-order chi connectivity index (χ1) is 14.0. The van der Waals surface area contributed by atoms with Crippen LogP contribution in [0, 0.1) is 0 Å². The molecule has 0 atom stereocenters. The van der Waals surface area contributed by atoms with Crippen molar-refractivity contribution in [1.82, 2.24) is 14.5 Å². The van der Waals surface area contributed by atoms with Gasteiger partial charge in [-0.15, -0.1) is 6.58 Å². The van der Waals surface area contributed by atoms with Crippen LogP contribution >= 0.6 is 23.4 Å². The fourth-order valence-electron chi connectivity index (χ4n) is 2.76. The van der Waals surface area contributed by atoms with Crippen LogP contribution in [0.15, 0.2) is 66.3 Å². The number of anilines is 1. The van der Waals surface area contributed by atoms with Crippen LogP contribution in [0.5, 0.6) is 0 Å². The van der Waals surface area contributed by atoms with Crippen molar-refractivity contribution in [3.8, 4) is 0 Å². The van der Waals surface area contributed by atoms with Gasteiger partial charge >= 0.3 is 0 Å². The van der Waals surface area contributed by atoms with Crippen molar-refractivity contribution in [1.29, 1.82) is 0 Å². The van der Waals surface area contributed by atoms with Gasteiger partial charge in [0.2, 0.25) is 11.8 Å². The number of likely N-dealkylation sites (N-methyl/N-ethyl adjacent to an activating group) is 1. The molecule has 1 heterocycles. The number of halogens is 1. The summed E-state index contributed by atoms with van der Waals surface area (Å²) in [6.45, 7) is 4.34. The number of hydrogen-bond acceptors (Lipinski definition) is 4. The minimum atomic E-state index is -0.308. The van der Waals surface area contributed by atoms with Crippen LogP contribution in [0.3, 0.4) is 0 Å². The van der Waals surface area contributed by atoms with Gasteiger partial charge in [-0.1, -0.05) is 53.7 Å². The molecule has 2 aromatic carbocycles. The lowest BCUT2D eigenvalue weighted by molar-refractivity contribution is -0.131. The maximum atomic E-state index is 12.5. The molecule has 0 saturated carbocycles. The number of rotatable bonds is 8. The summed E-state index contributed by atoms with van der Waals surface area (Å²) in [6, 6.07) is 14.8. The highest BCUT2D eigenvalue weighted by atomic mass is 35.5. The van der Waals surface area contributed by atoms with Gasteiger partial charge in [-0.25, -0.2) is 4.98 Å². The molecule has 150 valence electrons. The smallest absolute Gasteiger partial charge is 0.244 e. The standard InChI is InChI=1S/C21H21ClN4O2S/c1-3-12-26-18-11-7-6-10-17(18)24-21(26)29-14-20(28)25(2)13-19(27)23-16-9-5-4-8-15(16)22/h3-11H,1,12-14H2,2H3,(H,23,27). The average Bonchev–Trinajstić information content (AvgIpc) is 3.06. The van der Waals surface area contributed by atoms with Gasteiger partial charge < -0.3 is 14.8 Å². The van der Waals surface area contributed by atoms with Crippen molar-refractivity contribution < 1.29 is 9.59 Å². The minimum absolute atomic E-state index is 0.0618. The number of thioether (sulfide) groups is 1. The topological polar surface area (TPSA) is 67.2 Å². The Morgan fingerprint density at radius 3 is 2.72 bits per heavy atom. The largest absolute Gasteiger partial charge is 0.336 e. The fourth-order valence-corrected chi connectivity index (χ4v) is 3.91. The molecule has 1 N–H and O–H groups in total. The van der Waals surface area contributed by atoms with Crippen molar-refractivity contribution in [2.75, 3.05) is 24.7 Å². The van der Waals surface area contributed by atoms with E-state index in [4.69, 9.17) is 11.6 Å². The van der Waals surface area contributed by atoms with Crippen molar-refractivity contribution in [2.24, 2.45) is 0 Å². The van der Waals surface area contributed by atoms with Gasteiger partial charge in [0.25, 0.3) is 0 Å². The molecule has 3 aromatic rings. The zero-order valence-corrected chi connectivity index (χ0v) is 17.5. The van der Waals surface area contributed by atoms with E-state index in [0.29, 0.717) is 17.3 Å². The van der Waals surface area contributed by atoms with E-state index < -0.39 is 0 Å². The number of fused-ring (bicyclic) bond motifs is 1. The number of carbonyl (C=O) groups is 2. The molecule has 1 aromatic heterocycles. The second-order valence-electron chi connectivity index (χ2n) is 6.35. The van der Waals surface area contributed by atoms with E-state index >= 15 is 0 Å². The Morgan fingerprint density at radius 2 is 1.97 bits per heavy atom. The monoisotopic (exact) mass is 428 g/mol. The maximum Gasteiger partial charge on any atom is 0.244 e. The number of aromatic nitrogens is 2. The lowest BCUT2D eigenvalue weighted by Crippen LogP contribution is -2.36. The molecule has 2 amide bonds. The predicted molar refractivity (Wildman–Crippen MR) is 118 cm³/mol. The summed E-state index contributed by atoms with van der Waals surface area (Å²) in [6.07, 6.45) is 1.80. The second-order valence-corrected chi connectivity index (χ2v) is 7.70. The van der Waals surface area contributed by atoms with Gasteiger partial charge in [0, 0.05) is 13.6 Å². The Labute approximate surface area is 178 Å². The number of nitrogens with zero attached hydrogens (tertiary/aromatic N) is 3. The third-order valence-corrected chi connectivity index (χ3v) is 5.50. The molecule has 3 rings (SSSR count). The van der Waals surface area contributed by atoms with Gasteiger partial charge in [0.15, 0.2) is 5.16 Å². The first-order valence-corrected chi connectivity index (χ1v) is 10.3. The molecule has 6 nitrogen and oxygen atoms in total. The number of para-hydroxylation sites is 3. The van der Waals surface area contributed by atoms with Gasteiger partial charge in [0.05, 0.1) is 34.0 Å². The molecule has 0 spiro atoms. The van der Waals surface area contributed by atoms with E-state index in [2.05, 4.69) is 16.9 Å².